The van der Waals surface area contributed by atoms with Crippen LogP contribution in [0.4, 0.5) is 0 Å². The Kier molecular flexibility index (Phi) is 4.41. The van der Waals surface area contributed by atoms with Gasteiger partial charge in [0.1, 0.15) is 0 Å². The molecule has 2 aliphatic rings. The topological polar surface area (TPSA) is 46.2 Å². The average molecular weight is 251 g/mol. The van der Waals surface area contributed by atoms with Gasteiger partial charge in [-0.2, -0.15) is 0 Å². The third-order valence-electron chi connectivity index (χ3n) is 4.52. The molecule has 1 aliphatic heterocycles. The van der Waals surface area contributed by atoms with Crippen LogP contribution in [0.15, 0.2) is 0 Å². The van der Waals surface area contributed by atoms with Gasteiger partial charge in [0, 0.05) is 12.3 Å². The Hall–Kier alpha value is -0.860. The van der Waals surface area contributed by atoms with Crippen LogP contribution in [0.25, 0.3) is 0 Å². The summed E-state index contributed by atoms with van der Waals surface area (Å²) in [5.41, 5.74) is 0. The Morgan fingerprint density at radius 3 is 2.44 bits per heavy atom. The van der Waals surface area contributed by atoms with Crippen molar-refractivity contribution in [2.75, 3.05) is 0 Å². The number of imide groups is 1. The average Bonchev–Trinajstić information content (AvgIpc) is 2.33. The normalized spacial score (nSPS) is 30.6. The van der Waals surface area contributed by atoms with Gasteiger partial charge in [0.15, 0.2) is 0 Å². The summed E-state index contributed by atoms with van der Waals surface area (Å²) in [6, 6.07) is 0. The van der Waals surface area contributed by atoms with Crippen LogP contribution in [0.5, 0.6) is 0 Å². The summed E-state index contributed by atoms with van der Waals surface area (Å²) in [6.45, 7) is 4.31. The lowest BCUT2D eigenvalue weighted by molar-refractivity contribution is -0.141. The fraction of sp³-hybridized carbons (Fsp3) is 0.867. The predicted molar refractivity (Wildman–Crippen MR) is 70.8 cm³/mol. The highest BCUT2D eigenvalue weighted by molar-refractivity contribution is 5.99. The summed E-state index contributed by atoms with van der Waals surface area (Å²) >= 11 is 0. The highest BCUT2D eigenvalue weighted by Gasteiger charge is 2.40. The van der Waals surface area contributed by atoms with Crippen molar-refractivity contribution in [3.63, 3.8) is 0 Å². The van der Waals surface area contributed by atoms with Gasteiger partial charge in [0.2, 0.25) is 11.8 Å². The van der Waals surface area contributed by atoms with E-state index >= 15 is 0 Å². The Labute approximate surface area is 110 Å². The van der Waals surface area contributed by atoms with Crippen molar-refractivity contribution in [2.45, 2.75) is 58.8 Å². The van der Waals surface area contributed by atoms with Crippen LogP contribution in [-0.4, -0.2) is 11.8 Å². The summed E-state index contributed by atoms with van der Waals surface area (Å²) in [7, 11) is 0. The van der Waals surface area contributed by atoms with Crippen LogP contribution >= 0.6 is 0 Å². The van der Waals surface area contributed by atoms with Gasteiger partial charge < -0.3 is 0 Å². The number of hydrogen-bond donors (Lipinski definition) is 1. The Balaban J connectivity index is 2.10. The predicted octanol–water partition coefficient (Wildman–Crippen LogP) is 2.89. The van der Waals surface area contributed by atoms with Gasteiger partial charge in [-0.05, 0) is 24.2 Å². The van der Waals surface area contributed by atoms with Crippen LogP contribution in [-0.2, 0) is 9.59 Å². The van der Waals surface area contributed by atoms with Gasteiger partial charge in [-0.25, -0.2) is 0 Å². The first-order valence-corrected chi connectivity index (χ1v) is 7.41. The van der Waals surface area contributed by atoms with E-state index in [1.165, 1.54) is 32.1 Å². The molecule has 2 unspecified atom stereocenters. The Morgan fingerprint density at radius 2 is 1.83 bits per heavy atom. The highest BCUT2D eigenvalue weighted by Crippen LogP contribution is 2.39. The van der Waals surface area contributed by atoms with Gasteiger partial charge in [-0.1, -0.05) is 46.0 Å². The van der Waals surface area contributed by atoms with Gasteiger partial charge in [0.25, 0.3) is 0 Å². The number of nitrogens with one attached hydrogen (secondary N) is 1. The van der Waals surface area contributed by atoms with E-state index in [0.717, 1.165) is 6.42 Å². The number of carbonyl (C=O) groups excluding carboxylic acids is 2. The first-order chi connectivity index (χ1) is 8.58. The summed E-state index contributed by atoms with van der Waals surface area (Å²) < 4.78 is 0. The van der Waals surface area contributed by atoms with Crippen molar-refractivity contribution in [2.24, 2.45) is 23.7 Å². The lowest BCUT2D eigenvalue weighted by atomic mass is 9.69. The van der Waals surface area contributed by atoms with E-state index in [4.69, 9.17) is 0 Å². The van der Waals surface area contributed by atoms with Crippen LogP contribution in [0.2, 0.25) is 0 Å². The molecule has 2 rings (SSSR count). The third-order valence-corrected chi connectivity index (χ3v) is 4.52. The largest absolute Gasteiger partial charge is 0.296 e. The second-order valence-corrected chi connectivity index (χ2v) is 6.41. The van der Waals surface area contributed by atoms with Crippen LogP contribution < -0.4 is 5.32 Å². The summed E-state index contributed by atoms with van der Waals surface area (Å²) in [6.07, 6.45) is 7.75. The lowest BCUT2D eigenvalue weighted by Crippen LogP contribution is -2.48. The highest BCUT2D eigenvalue weighted by atomic mass is 16.2. The fourth-order valence-corrected chi connectivity index (χ4v) is 3.68. The molecule has 2 fully saturated rings. The minimum absolute atomic E-state index is 0.0180. The smallest absolute Gasteiger partial charge is 0.229 e. The molecule has 1 N–H and O–H groups in total. The van der Waals surface area contributed by atoms with Crippen LogP contribution in [0.1, 0.15) is 58.8 Å². The molecule has 3 nitrogen and oxygen atoms in total. The summed E-state index contributed by atoms with van der Waals surface area (Å²) in [5, 5.41) is 2.53. The van der Waals surface area contributed by atoms with Gasteiger partial charge in [0.05, 0.1) is 0 Å². The quantitative estimate of drug-likeness (QED) is 0.784. The van der Waals surface area contributed by atoms with Gasteiger partial charge in [-0.3, -0.25) is 14.9 Å². The maximum absolute atomic E-state index is 12.1. The van der Waals surface area contributed by atoms with Crippen molar-refractivity contribution in [3.05, 3.63) is 0 Å². The van der Waals surface area contributed by atoms with E-state index in [0.29, 0.717) is 24.2 Å². The third kappa shape index (κ3) is 3.12. The lowest BCUT2D eigenvalue weighted by Gasteiger charge is -2.38. The van der Waals surface area contributed by atoms with Crippen LogP contribution in [0.3, 0.4) is 0 Å². The monoisotopic (exact) mass is 251 g/mol. The van der Waals surface area contributed by atoms with Gasteiger partial charge >= 0.3 is 0 Å². The number of piperidine rings is 1. The minimum atomic E-state index is -0.0596. The van der Waals surface area contributed by atoms with Crippen LogP contribution in [0, 0.1) is 23.7 Å². The first kappa shape index (κ1) is 13.6. The van der Waals surface area contributed by atoms with E-state index in [2.05, 4.69) is 19.2 Å². The molecule has 0 aromatic heterocycles. The number of amides is 2. The molecule has 3 heteroatoms. The molecule has 0 spiro atoms. The van der Waals surface area contributed by atoms with Crippen molar-refractivity contribution < 1.29 is 9.59 Å². The molecule has 102 valence electrons. The first-order valence-electron chi connectivity index (χ1n) is 7.41. The molecule has 0 bridgehead atoms. The molecule has 2 atom stereocenters. The molecule has 1 aliphatic carbocycles. The standard InChI is InChI=1S/C15H25NO2/c1-10(2)8-13-12(9-14(17)16-15(13)18)11-6-4-3-5-7-11/h10-13H,3-9H2,1-2H3,(H,16,17,18). The van der Waals surface area contributed by atoms with Crippen molar-refractivity contribution >= 4 is 11.8 Å². The van der Waals surface area contributed by atoms with E-state index in [1.807, 2.05) is 0 Å². The molecule has 0 aromatic rings. The summed E-state index contributed by atoms with van der Waals surface area (Å²) in [5.74, 6) is 1.39. The minimum Gasteiger partial charge on any atom is -0.296 e. The number of carbonyl (C=O) groups is 2. The van der Waals surface area contributed by atoms with E-state index in [9.17, 15) is 9.59 Å². The van der Waals surface area contributed by atoms with Crippen molar-refractivity contribution in [3.8, 4) is 0 Å². The molecule has 0 aromatic carbocycles. The molecule has 2 amide bonds. The number of hydrogen-bond acceptors (Lipinski definition) is 2. The maximum Gasteiger partial charge on any atom is 0.229 e. The fourth-order valence-electron chi connectivity index (χ4n) is 3.68. The SMILES string of the molecule is CC(C)CC1C(=O)NC(=O)CC1C1CCCCC1. The Bertz CT molecular complexity index is 318. The van der Waals surface area contributed by atoms with Gasteiger partial charge in [-0.15, -0.1) is 0 Å². The molecular weight excluding hydrogens is 226 g/mol. The van der Waals surface area contributed by atoms with E-state index in [1.54, 1.807) is 0 Å². The molecule has 18 heavy (non-hydrogen) atoms. The molecule has 1 saturated carbocycles. The molecular formula is C15H25NO2. The zero-order chi connectivity index (χ0) is 13.1. The summed E-state index contributed by atoms with van der Waals surface area (Å²) in [4.78, 5) is 23.7. The van der Waals surface area contributed by atoms with Crippen molar-refractivity contribution in [1.29, 1.82) is 0 Å². The molecule has 1 heterocycles. The second kappa shape index (κ2) is 5.85. The molecule has 1 saturated heterocycles. The maximum atomic E-state index is 12.1. The van der Waals surface area contributed by atoms with E-state index in [-0.39, 0.29) is 17.7 Å². The van der Waals surface area contributed by atoms with Crippen molar-refractivity contribution in [1.82, 2.24) is 5.32 Å². The Morgan fingerprint density at radius 1 is 1.17 bits per heavy atom. The zero-order valence-corrected chi connectivity index (χ0v) is 11.6. The zero-order valence-electron chi connectivity index (χ0n) is 11.6. The van der Waals surface area contributed by atoms with E-state index < -0.39 is 0 Å². The molecule has 0 radical (unpaired) electrons. The number of rotatable bonds is 3. The second-order valence-electron chi connectivity index (χ2n) is 6.41.